The van der Waals surface area contributed by atoms with Gasteiger partial charge in [-0.2, -0.15) is 4.39 Å². The summed E-state index contributed by atoms with van der Waals surface area (Å²) in [6, 6.07) is 2.50. The molecule has 0 bridgehead atoms. The van der Waals surface area contributed by atoms with E-state index in [1.807, 2.05) is 0 Å². The van der Waals surface area contributed by atoms with Crippen molar-refractivity contribution in [3.05, 3.63) is 39.2 Å². The summed E-state index contributed by atoms with van der Waals surface area (Å²) in [6.45, 7) is 3.47. The van der Waals surface area contributed by atoms with Crippen LogP contribution in [0.4, 0.5) is 10.1 Å². The summed E-state index contributed by atoms with van der Waals surface area (Å²) in [5.41, 5.74) is 0.303. The van der Waals surface area contributed by atoms with E-state index in [9.17, 15) is 19.3 Å². The molecule has 0 aliphatic carbocycles. The highest BCUT2D eigenvalue weighted by molar-refractivity contribution is 5.69. The quantitative estimate of drug-likeness (QED) is 0.460. The molecule has 0 saturated heterocycles. The van der Waals surface area contributed by atoms with Crippen LogP contribution in [0, 0.1) is 22.9 Å². The molecule has 0 saturated carbocycles. The van der Waals surface area contributed by atoms with Gasteiger partial charge in [0, 0.05) is 12.0 Å². The minimum atomic E-state index is -0.864. The molecule has 0 aromatic heterocycles. The van der Waals surface area contributed by atoms with Gasteiger partial charge >= 0.3 is 11.7 Å². The molecule has 0 aliphatic rings. The number of nitro benzene ring substituents is 1. The van der Waals surface area contributed by atoms with Crippen LogP contribution in [0.3, 0.4) is 0 Å². The lowest BCUT2D eigenvalue weighted by molar-refractivity contribution is -0.388. The number of nitrogens with zero attached hydrogens (tertiary/aromatic N) is 1. The molecule has 1 rings (SSSR count). The molecule has 0 spiro atoms. The van der Waals surface area contributed by atoms with E-state index in [-0.39, 0.29) is 18.0 Å². The molecule has 98 valence electrons. The van der Waals surface area contributed by atoms with Crippen LogP contribution >= 0.6 is 0 Å². The molecule has 0 N–H and O–H groups in total. The monoisotopic (exact) mass is 255 g/mol. The van der Waals surface area contributed by atoms with E-state index in [1.165, 1.54) is 13.0 Å². The number of esters is 1. The Morgan fingerprint density at radius 3 is 2.72 bits per heavy atom. The fourth-order valence-electron chi connectivity index (χ4n) is 1.67. The third kappa shape index (κ3) is 3.26. The number of carbonyl (C=O) groups excluding carboxylic acids is 1. The normalized spacial score (nSPS) is 10.2. The van der Waals surface area contributed by atoms with Crippen LogP contribution in [0.1, 0.15) is 24.5 Å². The SMILES string of the molecule is CCOC(=O)CCc1ccc(F)c([N+](=O)[O-])c1C. The Balaban J connectivity index is 2.88. The molecule has 6 heteroatoms. The van der Waals surface area contributed by atoms with E-state index in [0.717, 1.165) is 6.07 Å². The van der Waals surface area contributed by atoms with Crippen molar-refractivity contribution in [2.45, 2.75) is 26.7 Å². The fourth-order valence-corrected chi connectivity index (χ4v) is 1.67. The zero-order chi connectivity index (χ0) is 13.7. The van der Waals surface area contributed by atoms with E-state index in [0.29, 0.717) is 18.6 Å². The highest BCUT2D eigenvalue weighted by Gasteiger charge is 2.20. The van der Waals surface area contributed by atoms with Gasteiger partial charge in [-0.3, -0.25) is 14.9 Å². The number of aryl methyl sites for hydroxylation is 1. The van der Waals surface area contributed by atoms with Gasteiger partial charge in [-0.1, -0.05) is 6.07 Å². The highest BCUT2D eigenvalue weighted by atomic mass is 19.1. The van der Waals surface area contributed by atoms with Gasteiger partial charge in [-0.05, 0) is 31.9 Å². The largest absolute Gasteiger partial charge is 0.466 e. The second-order valence-electron chi connectivity index (χ2n) is 3.74. The van der Waals surface area contributed by atoms with Crippen LogP contribution in [-0.2, 0) is 16.0 Å². The van der Waals surface area contributed by atoms with Crippen molar-refractivity contribution in [1.82, 2.24) is 0 Å². The maximum Gasteiger partial charge on any atom is 0.307 e. The Morgan fingerprint density at radius 2 is 2.17 bits per heavy atom. The van der Waals surface area contributed by atoms with Gasteiger partial charge in [0.15, 0.2) is 0 Å². The fraction of sp³-hybridized carbons (Fsp3) is 0.417. The van der Waals surface area contributed by atoms with Crippen molar-refractivity contribution in [1.29, 1.82) is 0 Å². The first kappa shape index (κ1) is 14.1. The lowest BCUT2D eigenvalue weighted by Crippen LogP contribution is -2.07. The molecule has 0 fully saturated rings. The number of hydrogen-bond acceptors (Lipinski definition) is 4. The van der Waals surface area contributed by atoms with E-state index < -0.39 is 16.4 Å². The second kappa shape index (κ2) is 6.09. The van der Waals surface area contributed by atoms with Crippen molar-refractivity contribution < 1.29 is 18.8 Å². The van der Waals surface area contributed by atoms with Gasteiger partial charge < -0.3 is 4.74 Å². The summed E-state index contributed by atoms with van der Waals surface area (Å²) in [6.07, 6.45) is 0.420. The average molecular weight is 255 g/mol. The third-order valence-corrected chi connectivity index (χ3v) is 2.58. The van der Waals surface area contributed by atoms with Crippen molar-refractivity contribution in [2.24, 2.45) is 0 Å². The number of nitro groups is 1. The molecule has 0 unspecified atom stereocenters. The van der Waals surface area contributed by atoms with Crippen molar-refractivity contribution in [2.75, 3.05) is 6.61 Å². The standard InChI is InChI=1S/C12H14FNO4/c1-3-18-11(15)7-5-9-4-6-10(13)12(8(9)2)14(16)17/h4,6H,3,5,7H2,1-2H3. The number of benzene rings is 1. The van der Waals surface area contributed by atoms with Gasteiger partial charge in [-0.25, -0.2) is 0 Å². The number of rotatable bonds is 5. The zero-order valence-corrected chi connectivity index (χ0v) is 10.2. The first-order chi connectivity index (χ1) is 8.47. The van der Waals surface area contributed by atoms with Crippen molar-refractivity contribution in [3.63, 3.8) is 0 Å². The summed E-state index contributed by atoms with van der Waals surface area (Å²) in [4.78, 5) is 21.1. The maximum atomic E-state index is 13.3. The Labute approximate surface area is 104 Å². The highest BCUT2D eigenvalue weighted by Crippen LogP contribution is 2.25. The van der Waals surface area contributed by atoms with E-state index >= 15 is 0 Å². The summed E-state index contributed by atoms with van der Waals surface area (Å²) in [7, 11) is 0. The minimum Gasteiger partial charge on any atom is -0.466 e. The van der Waals surface area contributed by atoms with Gasteiger partial charge in [0.25, 0.3) is 0 Å². The van der Waals surface area contributed by atoms with Gasteiger partial charge in [0.1, 0.15) is 0 Å². The smallest absolute Gasteiger partial charge is 0.307 e. The molecule has 0 amide bonds. The average Bonchev–Trinajstić information content (AvgIpc) is 2.28. The Bertz CT molecular complexity index is 473. The summed E-state index contributed by atoms with van der Waals surface area (Å²) < 4.78 is 18.0. The molecule has 0 radical (unpaired) electrons. The summed E-state index contributed by atoms with van der Waals surface area (Å²) in [5.74, 6) is -1.23. The molecule has 0 atom stereocenters. The molecule has 18 heavy (non-hydrogen) atoms. The number of ether oxygens (including phenoxy) is 1. The lowest BCUT2D eigenvalue weighted by atomic mass is 10.0. The summed E-state index contributed by atoms with van der Waals surface area (Å²) in [5, 5.41) is 10.7. The molecular weight excluding hydrogens is 241 g/mol. The molecule has 5 nitrogen and oxygen atoms in total. The second-order valence-corrected chi connectivity index (χ2v) is 3.74. The van der Waals surface area contributed by atoms with Crippen LogP contribution in [0.5, 0.6) is 0 Å². The number of carbonyl (C=O) groups is 1. The maximum absolute atomic E-state index is 13.3. The van der Waals surface area contributed by atoms with Crippen molar-refractivity contribution in [3.8, 4) is 0 Å². The third-order valence-electron chi connectivity index (χ3n) is 2.58. The molecule has 1 aromatic rings. The van der Waals surface area contributed by atoms with E-state index in [1.54, 1.807) is 6.92 Å². The Morgan fingerprint density at radius 1 is 1.50 bits per heavy atom. The van der Waals surface area contributed by atoms with Crippen LogP contribution in [0.25, 0.3) is 0 Å². The van der Waals surface area contributed by atoms with Crippen LogP contribution < -0.4 is 0 Å². The predicted molar refractivity (Wildman–Crippen MR) is 62.7 cm³/mol. The zero-order valence-electron chi connectivity index (χ0n) is 10.2. The van der Waals surface area contributed by atoms with Crippen LogP contribution in [0.15, 0.2) is 12.1 Å². The van der Waals surface area contributed by atoms with Crippen molar-refractivity contribution >= 4 is 11.7 Å². The number of hydrogen-bond donors (Lipinski definition) is 0. The van der Waals surface area contributed by atoms with Gasteiger partial charge in [0.2, 0.25) is 5.82 Å². The lowest BCUT2D eigenvalue weighted by Gasteiger charge is -2.06. The van der Waals surface area contributed by atoms with Crippen LogP contribution in [-0.4, -0.2) is 17.5 Å². The minimum absolute atomic E-state index is 0.122. The Kier molecular flexibility index (Phi) is 4.76. The van der Waals surface area contributed by atoms with Gasteiger partial charge in [0.05, 0.1) is 11.5 Å². The molecular formula is C12H14FNO4. The molecule has 0 aliphatic heterocycles. The van der Waals surface area contributed by atoms with Crippen LogP contribution in [0.2, 0.25) is 0 Å². The molecule has 0 heterocycles. The first-order valence-corrected chi connectivity index (χ1v) is 5.55. The first-order valence-electron chi connectivity index (χ1n) is 5.55. The predicted octanol–water partition coefficient (Wildman–Crippen LogP) is 2.54. The summed E-state index contributed by atoms with van der Waals surface area (Å²) >= 11 is 0. The van der Waals surface area contributed by atoms with E-state index in [2.05, 4.69) is 0 Å². The topological polar surface area (TPSA) is 69.4 Å². The van der Waals surface area contributed by atoms with E-state index in [4.69, 9.17) is 4.74 Å². The van der Waals surface area contributed by atoms with Gasteiger partial charge in [-0.15, -0.1) is 0 Å². The number of halogens is 1. The molecule has 1 aromatic carbocycles. The Hall–Kier alpha value is -1.98.